The second-order valence-corrected chi connectivity index (χ2v) is 9.51. The lowest BCUT2D eigenvalue weighted by atomic mass is 9.90. The first-order valence-electron chi connectivity index (χ1n) is 10.5. The summed E-state index contributed by atoms with van der Waals surface area (Å²) in [6.07, 6.45) is 3.29. The number of carbonyl (C=O) groups excluding carboxylic acids is 1. The number of rotatable bonds is 3. The molecule has 35 heavy (non-hydrogen) atoms. The number of amides is 1. The Hall–Kier alpha value is -3.81. The molecule has 3 heterocycles. The Morgan fingerprint density at radius 2 is 1.94 bits per heavy atom. The maximum absolute atomic E-state index is 15.6. The van der Waals surface area contributed by atoms with Gasteiger partial charge in [-0.3, -0.25) is 9.78 Å². The van der Waals surface area contributed by atoms with Crippen molar-refractivity contribution in [2.45, 2.75) is 19.4 Å². The van der Waals surface area contributed by atoms with E-state index < -0.39 is 23.6 Å². The molecule has 4 N–H and O–H groups in total. The van der Waals surface area contributed by atoms with Gasteiger partial charge in [0.1, 0.15) is 34.2 Å². The first-order chi connectivity index (χ1) is 16.7. The number of aromatic nitrogens is 2. The van der Waals surface area contributed by atoms with Gasteiger partial charge in [-0.15, -0.1) is 11.3 Å². The van der Waals surface area contributed by atoms with Gasteiger partial charge in [-0.05, 0) is 36.6 Å². The van der Waals surface area contributed by atoms with E-state index in [1.165, 1.54) is 24.5 Å². The highest BCUT2D eigenvalue weighted by Gasteiger charge is 2.34. The number of nitrogens with zero attached hydrogens (tertiary/aromatic N) is 4. The summed E-state index contributed by atoms with van der Waals surface area (Å²) >= 11 is 7.60. The zero-order valence-corrected chi connectivity index (χ0v) is 19.8. The Kier molecular flexibility index (Phi) is 5.54. The minimum Gasteiger partial charge on any atom is -0.389 e. The summed E-state index contributed by atoms with van der Waals surface area (Å²) in [7, 11) is 0. The molecule has 0 bridgehead atoms. The fourth-order valence-electron chi connectivity index (χ4n) is 4.54. The second kappa shape index (κ2) is 8.45. The largest absolute Gasteiger partial charge is 0.389 e. The van der Waals surface area contributed by atoms with Crippen LogP contribution in [0.1, 0.15) is 40.1 Å². The van der Waals surface area contributed by atoms with E-state index in [1.807, 2.05) is 6.07 Å². The standard InChI is InChI=1S/C24H17ClF2N6OS/c1-10(20-22(29)32-6-5-31-20)33-7-4-11-13(24(33)34)8-16(27)18(19(11)25)12-2-3-15(26)21-17(12)14(9-28)23(30)35-21/h2-3,5-6,8,10H,4,7,30H2,1H3,(H2,29,32)/t10-/m0/s1. The number of thiophene rings is 1. The van der Waals surface area contributed by atoms with Crippen LogP contribution in [0, 0.1) is 23.0 Å². The van der Waals surface area contributed by atoms with E-state index in [1.54, 1.807) is 11.8 Å². The molecule has 0 saturated heterocycles. The number of benzene rings is 2. The molecule has 4 aromatic rings. The lowest BCUT2D eigenvalue weighted by Crippen LogP contribution is -2.40. The Labute approximate surface area is 207 Å². The Morgan fingerprint density at radius 3 is 2.66 bits per heavy atom. The van der Waals surface area contributed by atoms with Gasteiger partial charge in [-0.25, -0.2) is 13.8 Å². The lowest BCUT2D eigenvalue weighted by Gasteiger charge is -2.34. The van der Waals surface area contributed by atoms with Crippen molar-refractivity contribution < 1.29 is 13.6 Å². The molecule has 0 spiro atoms. The summed E-state index contributed by atoms with van der Waals surface area (Å²) in [5.74, 6) is -1.54. The fourth-order valence-corrected chi connectivity index (χ4v) is 5.88. The van der Waals surface area contributed by atoms with Crippen molar-refractivity contribution in [3.63, 3.8) is 0 Å². The molecule has 0 unspecified atom stereocenters. The van der Waals surface area contributed by atoms with Gasteiger partial charge >= 0.3 is 0 Å². The molecule has 5 rings (SSSR count). The van der Waals surface area contributed by atoms with Crippen LogP contribution in [0.5, 0.6) is 0 Å². The van der Waals surface area contributed by atoms with Crippen LogP contribution in [0.3, 0.4) is 0 Å². The molecule has 2 aromatic heterocycles. The number of anilines is 2. The van der Waals surface area contributed by atoms with Crippen molar-refractivity contribution in [1.82, 2.24) is 14.9 Å². The van der Waals surface area contributed by atoms with Crippen LogP contribution in [-0.4, -0.2) is 27.3 Å². The highest BCUT2D eigenvalue weighted by atomic mass is 35.5. The molecule has 11 heteroatoms. The number of nitrogens with two attached hydrogens (primary N) is 2. The molecule has 0 aliphatic carbocycles. The van der Waals surface area contributed by atoms with E-state index in [9.17, 15) is 14.4 Å². The van der Waals surface area contributed by atoms with Crippen molar-refractivity contribution >= 4 is 49.7 Å². The highest BCUT2D eigenvalue weighted by Crippen LogP contribution is 2.45. The molecule has 1 amide bonds. The zero-order chi connectivity index (χ0) is 25.0. The highest BCUT2D eigenvalue weighted by molar-refractivity contribution is 7.23. The summed E-state index contributed by atoms with van der Waals surface area (Å²) in [5, 5.41) is 9.96. The van der Waals surface area contributed by atoms with Crippen LogP contribution in [0.4, 0.5) is 19.6 Å². The molecule has 1 atom stereocenters. The number of carbonyl (C=O) groups is 1. The summed E-state index contributed by atoms with van der Waals surface area (Å²) < 4.78 is 30.2. The van der Waals surface area contributed by atoms with E-state index in [0.29, 0.717) is 24.2 Å². The third-order valence-electron chi connectivity index (χ3n) is 6.23. The van der Waals surface area contributed by atoms with Crippen LogP contribution in [-0.2, 0) is 6.42 Å². The maximum Gasteiger partial charge on any atom is 0.254 e. The second-order valence-electron chi connectivity index (χ2n) is 8.08. The number of hydrogen-bond acceptors (Lipinski definition) is 7. The van der Waals surface area contributed by atoms with E-state index in [0.717, 1.165) is 17.4 Å². The van der Waals surface area contributed by atoms with Gasteiger partial charge in [0.25, 0.3) is 5.91 Å². The third-order valence-corrected chi connectivity index (χ3v) is 7.68. The smallest absolute Gasteiger partial charge is 0.254 e. The fraction of sp³-hybridized carbons (Fsp3) is 0.167. The molecular formula is C24H17ClF2N6OS. The first kappa shape index (κ1) is 23.0. The molecule has 0 saturated carbocycles. The minimum atomic E-state index is -0.766. The van der Waals surface area contributed by atoms with Gasteiger partial charge in [0, 0.05) is 35.5 Å². The van der Waals surface area contributed by atoms with Gasteiger partial charge in [-0.1, -0.05) is 17.7 Å². The van der Waals surface area contributed by atoms with Crippen molar-refractivity contribution in [3.8, 4) is 17.2 Å². The van der Waals surface area contributed by atoms with Crippen molar-refractivity contribution in [1.29, 1.82) is 5.26 Å². The van der Waals surface area contributed by atoms with Crippen LogP contribution in [0.25, 0.3) is 21.2 Å². The quantitative estimate of drug-likeness (QED) is 0.396. The Morgan fingerprint density at radius 1 is 1.20 bits per heavy atom. The molecule has 7 nitrogen and oxygen atoms in total. The molecular weight excluding hydrogens is 494 g/mol. The SMILES string of the molecule is C[C@@H](c1nccnc1N)N1CCc2c(cc(F)c(-c3ccc(F)c4sc(N)c(C#N)c34)c2Cl)C1=O. The van der Waals surface area contributed by atoms with Crippen LogP contribution >= 0.6 is 22.9 Å². The molecule has 2 aromatic carbocycles. The summed E-state index contributed by atoms with van der Waals surface area (Å²) in [6, 6.07) is 5.17. The number of halogens is 3. The van der Waals surface area contributed by atoms with Gasteiger partial charge in [0.2, 0.25) is 0 Å². The minimum absolute atomic E-state index is 0.00261. The third kappa shape index (κ3) is 3.47. The van der Waals surface area contributed by atoms with E-state index in [4.69, 9.17) is 23.1 Å². The molecule has 0 fully saturated rings. The Bertz CT molecular complexity index is 1580. The van der Waals surface area contributed by atoms with Crippen LogP contribution < -0.4 is 11.5 Å². The predicted molar refractivity (Wildman–Crippen MR) is 131 cm³/mol. The summed E-state index contributed by atoms with van der Waals surface area (Å²) in [6.45, 7) is 2.07. The van der Waals surface area contributed by atoms with Crippen molar-refractivity contribution in [3.05, 3.63) is 69.6 Å². The predicted octanol–water partition coefficient (Wildman–Crippen LogP) is 5.09. The number of nitrogen functional groups attached to an aromatic ring is 2. The molecule has 1 aliphatic rings. The number of hydrogen-bond donors (Lipinski definition) is 2. The van der Waals surface area contributed by atoms with Gasteiger partial charge in [-0.2, -0.15) is 5.26 Å². The molecule has 1 aliphatic heterocycles. The normalized spacial score (nSPS) is 14.1. The van der Waals surface area contributed by atoms with Gasteiger partial charge in [0.15, 0.2) is 0 Å². The number of fused-ring (bicyclic) bond motifs is 2. The topological polar surface area (TPSA) is 122 Å². The van der Waals surface area contributed by atoms with E-state index in [2.05, 4.69) is 9.97 Å². The van der Waals surface area contributed by atoms with E-state index >= 15 is 4.39 Å². The summed E-state index contributed by atoms with van der Waals surface area (Å²) in [4.78, 5) is 23.2. The average molecular weight is 511 g/mol. The van der Waals surface area contributed by atoms with E-state index in [-0.39, 0.29) is 48.2 Å². The lowest BCUT2D eigenvalue weighted by molar-refractivity contribution is 0.0669. The summed E-state index contributed by atoms with van der Waals surface area (Å²) in [5.41, 5.74) is 13.2. The van der Waals surface area contributed by atoms with Crippen molar-refractivity contribution in [2.24, 2.45) is 0 Å². The van der Waals surface area contributed by atoms with Gasteiger partial charge in [0.05, 0.1) is 21.3 Å². The molecule has 0 radical (unpaired) electrons. The Balaban J connectivity index is 1.64. The molecule has 176 valence electrons. The first-order valence-corrected chi connectivity index (χ1v) is 11.7. The van der Waals surface area contributed by atoms with Crippen molar-refractivity contribution in [2.75, 3.05) is 18.0 Å². The van der Waals surface area contributed by atoms with Crippen LogP contribution in [0.15, 0.2) is 30.6 Å². The van der Waals surface area contributed by atoms with Crippen LogP contribution in [0.2, 0.25) is 5.02 Å². The average Bonchev–Trinajstić information content (AvgIpc) is 3.18. The maximum atomic E-state index is 15.6. The number of nitriles is 1. The van der Waals surface area contributed by atoms with Gasteiger partial charge < -0.3 is 16.4 Å². The monoisotopic (exact) mass is 510 g/mol. The zero-order valence-electron chi connectivity index (χ0n) is 18.3.